The number of amides is 1. The highest BCUT2D eigenvalue weighted by molar-refractivity contribution is 7.93. The van der Waals surface area contributed by atoms with Gasteiger partial charge in [0.05, 0.1) is 23.6 Å². The average molecular weight is 397 g/mol. The molecule has 1 aliphatic heterocycles. The van der Waals surface area contributed by atoms with Gasteiger partial charge in [0.1, 0.15) is 6.26 Å². The fourth-order valence-electron chi connectivity index (χ4n) is 3.11. The first-order valence-electron chi connectivity index (χ1n) is 8.91. The van der Waals surface area contributed by atoms with Crippen molar-refractivity contribution in [2.45, 2.75) is 12.8 Å². The van der Waals surface area contributed by atoms with Crippen LogP contribution in [0.15, 0.2) is 65.3 Å². The second-order valence-electron chi connectivity index (χ2n) is 6.52. The minimum absolute atomic E-state index is 0.0819. The zero-order chi connectivity index (χ0) is 19.6. The minimum atomic E-state index is -3.21. The van der Waals surface area contributed by atoms with Gasteiger partial charge in [-0.15, -0.1) is 0 Å². The summed E-state index contributed by atoms with van der Waals surface area (Å²) in [6, 6.07) is 16.2. The van der Waals surface area contributed by atoms with Gasteiger partial charge in [0.2, 0.25) is 21.8 Å². The van der Waals surface area contributed by atoms with E-state index in [1.165, 1.54) is 10.6 Å². The summed E-state index contributed by atoms with van der Waals surface area (Å²) in [7, 11) is -3.21. The summed E-state index contributed by atoms with van der Waals surface area (Å²) in [5.74, 6) is 0.419. The fourth-order valence-corrected chi connectivity index (χ4v) is 4.68. The number of benzene rings is 2. The third kappa shape index (κ3) is 3.91. The van der Waals surface area contributed by atoms with Gasteiger partial charge >= 0.3 is 0 Å². The van der Waals surface area contributed by atoms with Gasteiger partial charge in [-0.2, -0.15) is 0 Å². The maximum absolute atomic E-state index is 12.3. The fraction of sp³-hybridized carbons (Fsp3) is 0.200. The maximum Gasteiger partial charge on any atom is 0.235 e. The standard InChI is InChI=1S/C20H19N3O4S/c24-19(13-17-14-27-20(22-17)15-5-2-1-3-6-15)21-16-7-9-18(10-8-16)23-11-4-12-28(23,25)26/h1-3,5-10,14H,4,11-13H2,(H,21,24). The summed E-state index contributed by atoms with van der Waals surface area (Å²) in [5, 5.41) is 2.79. The normalized spacial score (nSPS) is 15.5. The van der Waals surface area contributed by atoms with Crippen LogP contribution in [0.2, 0.25) is 0 Å². The number of carbonyl (C=O) groups excluding carboxylic acids is 1. The SMILES string of the molecule is O=C(Cc1coc(-c2ccccc2)n1)Nc1ccc(N2CCCS2(=O)=O)cc1. The molecule has 7 nitrogen and oxygen atoms in total. The molecular weight excluding hydrogens is 378 g/mol. The van der Waals surface area contributed by atoms with Crippen LogP contribution < -0.4 is 9.62 Å². The summed E-state index contributed by atoms with van der Waals surface area (Å²) >= 11 is 0. The van der Waals surface area contributed by atoms with E-state index < -0.39 is 10.0 Å². The van der Waals surface area contributed by atoms with Gasteiger partial charge in [-0.3, -0.25) is 9.10 Å². The first-order chi connectivity index (χ1) is 13.5. The van der Waals surface area contributed by atoms with Crippen LogP contribution in [0.1, 0.15) is 12.1 Å². The molecule has 1 aliphatic rings. The lowest BCUT2D eigenvalue weighted by molar-refractivity contribution is -0.115. The van der Waals surface area contributed by atoms with E-state index in [0.29, 0.717) is 35.9 Å². The summed E-state index contributed by atoms with van der Waals surface area (Å²) in [4.78, 5) is 16.6. The Morgan fingerprint density at radius 1 is 1.11 bits per heavy atom. The predicted octanol–water partition coefficient (Wildman–Crippen LogP) is 3.06. The highest BCUT2D eigenvalue weighted by Crippen LogP contribution is 2.25. The molecule has 0 spiro atoms. The predicted molar refractivity (Wildman–Crippen MR) is 106 cm³/mol. The number of oxazole rings is 1. The Morgan fingerprint density at radius 3 is 2.54 bits per heavy atom. The number of carbonyl (C=O) groups is 1. The molecule has 0 aliphatic carbocycles. The van der Waals surface area contributed by atoms with Crippen LogP contribution in [0.3, 0.4) is 0 Å². The minimum Gasteiger partial charge on any atom is -0.444 e. The molecule has 1 saturated heterocycles. The first-order valence-corrected chi connectivity index (χ1v) is 10.5. The van der Waals surface area contributed by atoms with Gasteiger partial charge < -0.3 is 9.73 Å². The quantitative estimate of drug-likeness (QED) is 0.714. The summed E-state index contributed by atoms with van der Waals surface area (Å²) < 4.78 is 30.8. The van der Waals surface area contributed by atoms with Crippen molar-refractivity contribution < 1.29 is 17.6 Å². The third-order valence-corrected chi connectivity index (χ3v) is 6.32. The van der Waals surface area contributed by atoms with Crippen molar-refractivity contribution in [1.82, 2.24) is 4.98 Å². The molecule has 1 aromatic heterocycles. The van der Waals surface area contributed by atoms with Gasteiger partial charge in [-0.05, 0) is 42.8 Å². The number of anilines is 2. The molecule has 3 aromatic rings. The van der Waals surface area contributed by atoms with E-state index in [9.17, 15) is 13.2 Å². The molecule has 8 heteroatoms. The Bertz CT molecular complexity index is 1080. The van der Waals surface area contributed by atoms with Crippen molar-refractivity contribution in [3.05, 3.63) is 66.6 Å². The van der Waals surface area contributed by atoms with Crippen LogP contribution in [-0.2, 0) is 21.2 Å². The lowest BCUT2D eigenvalue weighted by atomic mass is 10.2. The van der Waals surface area contributed by atoms with E-state index in [-0.39, 0.29) is 18.1 Å². The van der Waals surface area contributed by atoms with Gasteiger partial charge in [0.15, 0.2) is 0 Å². The van der Waals surface area contributed by atoms with E-state index in [2.05, 4.69) is 10.3 Å². The molecule has 0 unspecified atom stereocenters. The van der Waals surface area contributed by atoms with E-state index >= 15 is 0 Å². The summed E-state index contributed by atoms with van der Waals surface area (Å²) in [6.07, 6.45) is 2.19. The lowest BCUT2D eigenvalue weighted by Crippen LogP contribution is -2.25. The van der Waals surface area contributed by atoms with Crippen molar-refractivity contribution in [2.24, 2.45) is 0 Å². The number of nitrogens with zero attached hydrogens (tertiary/aromatic N) is 2. The van der Waals surface area contributed by atoms with Crippen molar-refractivity contribution >= 4 is 27.3 Å². The molecule has 0 saturated carbocycles. The lowest BCUT2D eigenvalue weighted by Gasteiger charge is -2.17. The molecular formula is C20H19N3O4S. The third-order valence-electron chi connectivity index (χ3n) is 4.45. The second-order valence-corrected chi connectivity index (χ2v) is 8.54. The number of sulfonamides is 1. The van der Waals surface area contributed by atoms with Crippen LogP contribution in [0, 0.1) is 0 Å². The molecule has 2 aromatic carbocycles. The highest BCUT2D eigenvalue weighted by Gasteiger charge is 2.28. The van der Waals surface area contributed by atoms with Crippen LogP contribution in [0.25, 0.3) is 11.5 Å². The molecule has 0 bridgehead atoms. The zero-order valence-electron chi connectivity index (χ0n) is 15.0. The number of hydrogen-bond donors (Lipinski definition) is 1. The Morgan fingerprint density at radius 2 is 1.86 bits per heavy atom. The van der Waals surface area contributed by atoms with Gasteiger partial charge in [-0.1, -0.05) is 18.2 Å². The largest absolute Gasteiger partial charge is 0.444 e. The van der Waals surface area contributed by atoms with E-state index in [1.807, 2.05) is 30.3 Å². The molecule has 28 heavy (non-hydrogen) atoms. The van der Waals surface area contributed by atoms with Crippen molar-refractivity contribution in [3.8, 4) is 11.5 Å². The van der Waals surface area contributed by atoms with E-state index in [1.54, 1.807) is 24.3 Å². The number of nitrogens with one attached hydrogen (secondary N) is 1. The molecule has 1 N–H and O–H groups in total. The van der Waals surface area contributed by atoms with Gasteiger partial charge in [0.25, 0.3) is 0 Å². The molecule has 0 atom stereocenters. The number of rotatable bonds is 5. The maximum atomic E-state index is 12.3. The van der Waals surface area contributed by atoms with Crippen LogP contribution >= 0.6 is 0 Å². The summed E-state index contributed by atoms with van der Waals surface area (Å²) in [6.45, 7) is 0.490. The van der Waals surface area contributed by atoms with Crippen LogP contribution in [0.5, 0.6) is 0 Å². The monoisotopic (exact) mass is 397 g/mol. The average Bonchev–Trinajstić information content (AvgIpc) is 3.29. The molecule has 4 rings (SSSR count). The highest BCUT2D eigenvalue weighted by atomic mass is 32.2. The Labute approximate surface area is 163 Å². The Hall–Kier alpha value is -3.13. The summed E-state index contributed by atoms with van der Waals surface area (Å²) in [5.41, 5.74) is 2.59. The van der Waals surface area contributed by atoms with Gasteiger partial charge in [-0.25, -0.2) is 13.4 Å². The van der Waals surface area contributed by atoms with Gasteiger partial charge in [0, 0.05) is 17.8 Å². The number of aromatic nitrogens is 1. The zero-order valence-corrected chi connectivity index (χ0v) is 15.9. The Balaban J connectivity index is 1.38. The van der Waals surface area contributed by atoms with Crippen LogP contribution in [0.4, 0.5) is 11.4 Å². The topological polar surface area (TPSA) is 92.5 Å². The van der Waals surface area contributed by atoms with Crippen molar-refractivity contribution in [1.29, 1.82) is 0 Å². The number of hydrogen-bond acceptors (Lipinski definition) is 5. The van der Waals surface area contributed by atoms with E-state index in [4.69, 9.17) is 4.42 Å². The molecule has 1 fully saturated rings. The molecule has 144 valence electrons. The molecule has 1 amide bonds. The van der Waals surface area contributed by atoms with E-state index in [0.717, 1.165) is 5.56 Å². The van der Waals surface area contributed by atoms with Crippen molar-refractivity contribution in [3.63, 3.8) is 0 Å². The van der Waals surface area contributed by atoms with Crippen molar-refractivity contribution in [2.75, 3.05) is 21.9 Å². The molecule has 2 heterocycles. The second kappa shape index (κ2) is 7.47. The van der Waals surface area contributed by atoms with Crippen LogP contribution in [-0.4, -0.2) is 31.6 Å². The Kier molecular flexibility index (Phi) is 4.87. The molecule has 0 radical (unpaired) electrons. The first kappa shape index (κ1) is 18.2. The smallest absolute Gasteiger partial charge is 0.235 e.